The van der Waals surface area contributed by atoms with Crippen LogP contribution in [0.4, 0.5) is 0 Å². The molecule has 6 nitrogen and oxygen atoms in total. The standard InChI is InChI=1S/C28H41N3O3/c1-23-11-7-8-19-31(23)20-10-18-29-21-24(12-3-2-4-17-28(32)30-33)22-34-27-16-9-14-25-13-5-6-15-26(25)27/h5-6,9,12-16,23,29,33H,2-4,7-8,10-11,17-22H2,1H3,(H,30,32)/b24-12-. The van der Waals surface area contributed by atoms with Gasteiger partial charge in [-0.1, -0.05) is 48.9 Å². The summed E-state index contributed by atoms with van der Waals surface area (Å²) in [5.41, 5.74) is 2.92. The maximum Gasteiger partial charge on any atom is 0.243 e. The van der Waals surface area contributed by atoms with E-state index in [1.54, 1.807) is 5.48 Å². The van der Waals surface area contributed by atoms with Crippen LogP contribution in [0, 0.1) is 0 Å². The summed E-state index contributed by atoms with van der Waals surface area (Å²) >= 11 is 0. The summed E-state index contributed by atoms with van der Waals surface area (Å²) in [5, 5.41) is 14.5. The van der Waals surface area contributed by atoms with Gasteiger partial charge in [-0.3, -0.25) is 10.0 Å². The summed E-state index contributed by atoms with van der Waals surface area (Å²) in [4.78, 5) is 13.8. The highest BCUT2D eigenvalue weighted by atomic mass is 16.5. The number of carbonyl (C=O) groups is 1. The van der Waals surface area contributed by atoms with Gasteiger partial charge in [0.05, 0.1) is 0 Å². The van der Waals surface area contributed by atoms with E-state index in [4.69, 9.17) is 9.94 Å². The van der Waals surface area contributed by atoms with Crippen LogP contribution in [0.25, 0.3) is 10.8 Å². The zero-order valence-corrected chi connectivity index (χ0v) is 20.6. The largest absolute Gasteiger partial charge is 0.489 e. The predicted molar refractivity (Wildman–Crippen MR) is 138 cm³/mol. The van der Waals surface area contributed by atoms with Gasteiger partial charge in [0.25, 0.3) is 0 Å². The van der Waals surface area contributed by atoms with E-state index in [0.29, 0.717) is 19.1 Å². The molecule has 6 heteroatoms. The molecule has 1 fully saturated rings. The number of rotatable bonds is 14. The van der Waals surface area contributed by atoms with Gasteiger partial charge in [-0.2, -0.15) is 0 Å². The fraction of sp³-hybridized carbons (Fsp3) is 0.536. The number of amides is 1. The van der Waals surface area contributed by atoms with Crippen molar-refractivity contribution in [1.82, 2.24) is 15.7 Å². The van der Waals surface area contributed by atoms with E-state index in [1.165, 1.54) is 36.8 Å². The number of ether oxygens (including phenoxy) is 1. The van der Waals surface area contributed by atoms with Gasteiger partial charge >= 0.3 is 0 Å². The number of hydrogen-bond donors (Lipinski definition) is 3. The van der Waals surface area contributed by atoms with E-state index in [-0.39, 0.29) is 5.91 Å². The van der Waals surface area contributed by atoms with Crippen molar-refractivity contribution >= 4 is 16.7 Å². The van der Waals surface area contributed by atoms with Gasteiger partial charge in [0.1, 0.15) is 12.4 Å². The molecular weight excluding hydrogens is 426 g/mol. The molecule has 0 aliphatic carbocycles. The summed E-state index contributed by atoms with van der Waals surface area (Å²) in [6, 6.07) is 15.2. The van der Waals surface area contributed by atoms with Crippen molar-refractivity contribution in [2.45, 2.75) is 64.3 Å². The molecule has 1 unspecified atom stereocenters. The molecule has 34 heavy (non-hydrogen) atoms. The van der Waals surface area contributed by atoms with Crippen molar-refractivity contribution in [2.75, 3.05) is 32.8 Å². The summed E-state index contributed by atoms with van der Waals surface area (Å²) in [7, 11) is 0. The molecule has 2 aromatic rings. The van der Waals surface area contributed by atoms with Gasteiger partial charge in [-0.25, -0.2) is 5.48 Å². The third kappa shape index (κ3) is 8.75. The molecule has 3 N–H and O–H groups in total. The number of benzene rings is 2. The highest BCUT2D eigenvalue weighted by molar-refractivity contribution is 5.88. The number of nitrogens with one attached hydrogen (secondary N) is 2. The second-order valence-corrected chi connectivity index (χ2v) is 9.32. The lowest BCUT2D eigenvalue weighted by Crippen LogP contribution is -2.39. The zero-order valence-electron chi connectivity index (χ0n) is 20.6. The number of unbranched alkanes of at least 4 members (excludes halogenated alkanes) is 2. The van der Waals surface area contributed by atoms with Crippen molar-refractivity contribution in [2.24, 2.45) is 0 Å². The van der Waals surface area contributed by atoms with E-state index in [0.717, 1.165) is 56.5 Å². The molecular formula is C28H41N3O3. The Morgan fingerprint density at radius 2 is 2.00 bits per heavy atom. The Labute approximate surface area is 204 Å². The lowest BCUT2D eigenvalue weighted by molar-refractivity contribution is -0.129. The average molecular weight is 468 g/mol. The van der Waals surface area contributed by atoms with Crippen molar-refractivity contribution in [3.63, 3.8) is 0 Å². The number of piperidine rings is 1. The first kappa shape index (κ1) is 26.2. The van der Waals surface area contributed by atoms with E-state index in [2.05, 4.69) is 41.4 Å². The number of likely N-dealkylation sites (tertiary alicyclic amines) is 1. The molecule has 1 aliphatic rings. The zero-order chi connectivity index (χ0) is 24.0. The molecule has 0 bridgehead atoms. The number of fused-ring (bicyclic) bond motifs is 1. The van der Waals surface area contributed by atoms with Crippen molar-refractivity contribution < 1.29 is 14.7 Å². The van der Waals surface area contributed by atoms with Crippen LogP contribution < -0.4 is 15.5 Å². The Balaban J connectivity index is 1.48. The van der Waals surface area contributed by atoms with Crippen molar-refractivity contribution in [3.8, 4) is 5.75 Å². The maximum atomic E-state index is 11.2. The molecule has 1 aliphatic heterocycles. The van der Waals surface area contributed by atoms with E-state index >= 15 is 0 Å². The molecule has 1 amide bonds. The molecule has 1 atom stereocenters. The Kier molecular flexibility index (Phi) is 11.4. The molecule has 0 spiro atoms. The first-order valence-electron chi connectivity index (χ1n) is 12.8. The maximum absolute atomic E-state index is 11.2. The highest BCUT2D eigenvalue weighted by Gasteiger charge is 2.17. The molecule has 0 aromatic heterocycles. The van der Waals surface area contributed by atoms with E-state index < -0.39 is 0 Å². The molecule has 1 saturated heterocycles. The predicted octanol–water partition coefficient (Wildman–Crippen LogP) is 5.06. The van der Waals surface area contributed by atoms with Crippen molar-refractivity contribution in [3.05, 3.63) is 54.1 Å². The Morgan fingerprint density at radius 1 is 1.15 bits per heavy atom. The summed E-state index contributed by atoms with van der Waals surface area (Å²) in [6.07, 6.45) is 10.3. The molecule has 3 rings (SSSR count). The van der Waals surface area contributed by atoms with Gasteiger partial charge < -0.3 is 15.0 Å². The summed E-state index contributed by atoms with van der Waals surface area (Å²) in [5.74, 6) is 0.580. The fourth-order valence-corrected chi connectivity index (χ4v) is 4.61. The van der Waals surface area contributed by atoms with Gasteiger partial charge in [0, 0.05) is 24.4 Å². The van der Waals surface area contributed by atoms with E-state index in [9.17, 15) is 4.79 Å². The Hall–Kier alpha value is -2.41. The smallest absolute Gasteiger partial charge is 0.243 e. The molecule has 186 valence electrons. The normalized spacial score (nSPS) is 17.1. The Bertz CT molecular complexity index is 909. The van der Waals surface area contributed by atoms with Crippen LogP contribution in [-0.4, -0.2) is 54.8 Å². The SMILES string of the molecule is CC1CCCCN1CCCNC/C(=C/CCCCC(=O)NO)COc1cccc2ccccc12. The first-order valence-corrected chi connectivity index (χ1v) is 12.8. The molecule has 0 radical (unpaired) electrons. The van der Waals surface area contributed by atoms with Gasteiger partial charge in [0.15, 0.2) is 0 Å². The lowest BCUT2D eigenvalue weighted by atomic mass is 10.0. The number of hydroxylamine groups is 1. The monoisotopic (exact) mass is 467 g/mol. The number of allylic oxidation sites excluding steroid dienone is 1. The highest BCUT2D eigenvalue weighted by Crippen LogP contribution is 2.25. The number of hydrogen-bond acceptors (Lipinski definition) is 5. The first-order chi connectivity index (χ1) is 16.7. The van der Waals surface area contributed by atoms with Crippen molar-refractivity contribution in [1.29, 1.82) is 0 Å². The summed E-state index contributed by atoms with van der Waals surface area (Å²) < 4.78 is 6.25. The quantitative estimate of drug-likeness (QED) is 0.157. The summed E-state index contributed by atoms with van der Waals surface area (Å²) in [6.45, 7) is 7.08. The molecule has 0 saturated carbocycles. The van der Waals surface area contributed by atoms with Gasteiger partial charge in [0.2, 0.25) is 5.91 Å². The average Bonchev–Trinajstić information content (AvgIpc) is 2.87. The number of carbonyl (C=O) groups excluding carboxylic acids is 1. The molecule has 2 aromatic carbocycles. The lowest BCUT2D eigenvalue weighted by Gasteiger charge is -2.33. The fourth-order valence-electron chi connectivity index (χ4n) is 4.61. The minimum absolute atomic E-state index is 0.326. The third-order valence-corrected chi connectivity index (χ3v) is 6.67. The second-order valence-electron chi connectivity index (χ2n) is 9.32. The van der Waals surface area contributed by atoms with E-state index in [1.807, 2.05) is 24.3 Å². The van der Waals surface area contributed by atoms with Crippen LogP contribution in [0.2, 0.25) is 0 Å². The minimum Gasteiger partial charge on any atom is -0.489 e. The second kappa shape index (κ2) is 14.8. The van der Waals surface area contributed by atoms with Crippen LogP contribution in [0.5, 0.6) is 5.75 Å². The Morgan fingerprint density at radius 3 is 2.85 bits per heavy atom. The van der Waals surface area contributed by atoms with Crippen LogP contribution in [0.1, 0.15) is 58.3 Å². The van der Waals surface area contributed by atoms with Crippen LogP contribution in [0.15, 0.2) is 54.1 Å². The molecule has 1 heterocycles. The van der Waals surface area contributed by atoms with Gasteiger partial charge in [-0.15, -0.1) is 0 Å². The topological polar surface area (TPSA) is 73.8 Å². The van der Waals surface area contributed by atoms with Crippen LogP contribution in [0.3, 0.4) is 0 Å². The van der Waals surface area contributed by atoms with Crippen LogP contribution in [-0.2, 0) is 4.79 Å². The van der Waals surface area contributed by atoms with Crippen LogP contribution >= 0.6 is 0 Å². The third-order valence-electron chi connectivity index (χ3n) is 6.67. The number of nitrogens with zero attached hydrogens (tertiary/aromatic N) is 1. The minimum atomic E-state index is -0.326. The van der Waals surface area contributed by atoms with Gasteiger partial charge in [-0.05, 0) is 82.1 Å².